The van der Waals surface area contributed by atoms with Crippen molar-refractivity contribution in [1.29, 1.82) is 0 Å². The summed E-state index contributed by atoms with van der Waals surface area (Å²) in [5.74, 6) is -0.844. The Morgan fingerprint density at radius 3 is 1.08 bits per heavy atom. The van der Waals surface area contributed by atoms with Gasteiger partial charge < -0.3 is 18.6 Å². The Bertz CT molecular complexity index is 4890. The van der Waals surface area contributed by atoms with Gasteiger partial charge in [0, 0.05) is 65.8 Å². The second-order valence-corrected chi connectivity index (χ2v) is 21.7. The van der Waals surface area contributed by atoms with Crippen LogP contribution in [0.3, 0.4) is 0 Å². The molecule has 4 aromatic heterocycles. The highest BCUT2D eigenvalue weighted by molar-refractivity contribution is 6.32. The Balaban J connectivity index is 1.20. The summed E-state index contributed by atoms with van der Waals surface area (Å²) in [6.07, 6.45) is 0. The van der Waals surface area contributed by atoms with Gasteiger partial charge in [-0.25, -0.2) is 0 Å². The van der Waals surface area contributed by atoms with Crippen molar-refractivity contribution >= 4 is 110 Å². The van der Waals surface area contributed by atoms with Gasteiger partial charge in [-0.1, -0.05) is 154 Å². The quantitative estimate of drug-likeness (QED) is 0.151. The fraction of sp³-hybridized carbons (Fsp3) is 0.206. The van der Waals surface area contributed by atoms with Crippen LogP contribution in [-0.4, -0.2) is 8.80 Å². The molecule has 4 nitrogen and oxygen atoms in total. The summed E-state index contributed by atoms with van der Waals surface area (Å²) in [6.45, 7) is 19.6. The zero-order valence-electron chi connectivity index (χ0n) is 59.9. The number of hydrogen-bond donors (Lipinski definition) is 0. The maximum absolute atomic E-state index is 9.66. The van der Waals surface area contributed by atoms with Gasteiger partial charge in [0.25, 0.3) is 0 Å². The molecule has 0 spiro atoms. The van der Waals surface area contributed by atoms with Crippen LogP contribution in [0.4, 0.5) is 34.1 Å². The van der Waals surface area contributed by atoms with E-state index in [0.717, 1.165) is 54.7 Å². The molecule has 0 fully saturated rings. The van der Waals surface area contributed by atoms with Crippen LogP contribution in [0.2, 0.25) is 0 Å². The molecule has 0 saturated heterocycles. The molecule has 4 heteroatoms. The fourth-order valence-electron chi connectivity index (χ4n) is 10.7. The lowest BCUT2D eigenvalue weighted by molar-refractivity contribution is 0.591. The molecule has 0 radical (unpaired) electrons. The highest BCUT2D eigenvalue weighted by Gasteiger charge is 2.29. The van der Waals surface area contributed by atoms with Crippen molar-refractivity contribution < 1.29 is 24.7 Å². The average Bonchev–Trinajstić information content (AvgIpc) is 1.50. The predicted octanol–water partition coefficient (Wildman–Crippen LogP) is 19.8. The molecule has 0 bridgehead atoms. The standard InChI is InChI=1S/C68H62N4/c1-41(2)43-21-27-49(28-22-43)69(47-17-13-11-14-18-47)59-35-31-51-53-39-62-54(40-61(53)71-57-33-25-45(67(5,6)7)37-55(57)63(59)65(51)71)52-32-36-60(64-56-38-46(68(8,9)10)26-34-58(56)72(62)66(52)64)70(48-19-15-12-16-20-48)50-29-23-44(24-30-50)42(3)4/h11-42H,1-10H3/i11D,12D,13D,14D,15D,16D,17D,18D,19D,20D,21D,22D,23D,24D,27D,28D,29D,30D. The van der Waals surface area contributed by atoms with Gasteiger partial charge in [0.1, 0.15) is 0 Å². The summed E-state index contributed by atoms with van der Waals surface area (Å²) in [4.78, 5) is 2.64. The van der Waals surface area contributed by atoms with E-state index in [1.807, 2.05) is 24.3 Å². The third-order valence-corrected chi connectivity index (χ3v) is 14.4. The van der Waals surface area contributed by atoms with Gasteiger partial charge in [-0.2, -0.15) is 0 Å². The normalized spacial score (nSPS) is 16.3. The third kappa shape index (κ3) is 6.57. The van der Waals surface area contributed by atoms with Crippen molar-refractivity contribution in [2.45, 2.75) is 91.9 Å². The topological polar surface area (TPSA) is 15.3 Å². The molecule has 9 aromatic carbocycles. The number of para-hydroxylation sites is 2. The molecule has 72 heavy (non-hydrogen) atoms. The maximum atomic E-state index is 9.66. The fourth-order valence-corrected chi connectivity index (χ4v) is 10.7. The monoisotopic (exact) mass is 953 g/mol. The summed E-state index contributed by atoms with van der Waals surface area (Å²) < 4.78 is 171. The first kappa shape index (κ1) is 28.9. The molecule has 354 valence electrons. The summed E-state index contributed by atoms with van der Waals surface area (Å²) in [7, 11) is 0. The van der Waals surface area contributed by atoms with Crippen molar-refractivity contribution in [3.05, 3.63) is 204 Å². The van der Waals surface area contributed by atoms with Crippen LogP contribution in [0, 0.1) is 0 Å². The first-order chi connectivity index (χ1) is 42.1. The maximum Gasteiger partial charge on any atom is 0.0645 e. The van der Waals surface area contributed by atoms with Crippen LogP contribution in [0.1, 0.15) is 128 Å². The minimum Gasteiger partial charge on any atom is -0.310 e. The molecule has 4 heterocycles. The van der Waals surface area contributed by atoms with Crippen molar-refractivity contribution in [2.75, 3.05) is 9.80 Å². The van der Waals surface area contributed by atoms with E-state index in [2.05, 4.69) is 86.7 Å². The zero-order chi connectivity index (χ0) is 65.2. The number of rotatable bonds is 8. The van der Waals surface area contributed by atoms with Crippen LogP contribution in [0.25, 0.3) is 76.2 Å². The van der Waals surface area contributed by atoms with Gasteiger partial charge in [0.05, 0.1) is 69.1 Å². The summed E-state index contributed by atoms with van der Waals surface area (Å²) >= 11 is 0. The lowest BCUT2D eigenvalue weighted by Crippen LogP contribution is -2.11. The second-order valence-electron chi connectivity index (χ2n) is 21.7. The molecule has 13 aromatic rings. The predicted molar refractivity (Wildman–Crippen MR) is 311 cm³/mol. The first-order valence-electron chi connectivity index (χ1n) is 33.5. The molecule has 0 aliphatic rings. The lowest BCUT2D eigenvalue weighted by atomic mass is 9.86. The average molecular weight is 953 g/mol. The molecule has 0 saturated carbocycles. The van der Waals surface area contributed by atoms with Crippen LogP contribution in [-0.2, 0) is 10.8 Å². The van der Waals surface area contributed by atoms with E-state index >= 15 is 0 Å². The highest BCUT2D eigenvalue weighted by Crippen LogP contribution is 2.52. The summed E-state index contributed by atoms with van der Waals surface area (Å²) in [5, 5.41) is 5.57. The number of fused-ring (bicyclic) bond motifs is 12. The van der Waals surface area contributed by atoms with E-state index in [4.69, 9.17) is 8.22 Å². The zero-order valence-corrected chi connectivity index (χ0v) is 41.9. The van der Waals surface area contributed by atoms with Crippen molar-refractivity contribution in [1.82, 2.24) is 8.80 Å². The lowest BCUT2D eigenvalue weighted by Gasteiger charge is -2.27. The van der Waals surface area contributed by atoms with Crippen molar-refractivity contribution in [3.8, 4) is 0 Å². The van der Waals surface area contributed by atoms with Gasteiger partial charge in [0.2, 0.25) is 0 Å². The van der Waals surface area contributed by atoms with Gasteiger partial charge in [-0.3, -0.25) is 0 Å². The van der Waals surface area contributed by atoms with E-state index < -0.39 is 96.4 Å². The smallest absolute Gasteiger partial charge is 0.0645 e. The van der Waals surface area contributed by atoms with E-state index in [9.17, 15) is 16.4 Å². The van der Waals surface area contributed by atoms with Crippen LogP contribution < -0.4 is 9.80 Å². The van der Waals surface area contributed by atoms with E-state index in [0.29, 0.717) is 32.6 Å². The molecule has 0 unspecified atom stereocenters. The van der Waals surface area contributed by atoms with E-state index in [1.54, 1.807) is 39.8 Å². The molecule has 0 N–H and O–H groups in total. The molecule has 0 amide bonds. The largest absolute Gasteiger partial charge is 0.310 e. The SMILES string of the molecule is [2H]c1c([2H])c([2H])c(N(c2c([2H])c([2H])c(C(C)C)c([2H])c2[2H])c2ccc3c4cc5c(cc4n4c6ccc(C(C)(C)C)cc6c2c34)c2ccc(N(c3c([2H])c([2H])c([2H])c([2H])c3[2H])c3c([2H])c([2H])c(C(C)C)c([2H])c3[2H])c3c4cc(C(C)(C)C)ccc4n5c23)c([2H])c1[2H]. The van der Waals surface area contributed by atoms with Crippen LogP contribution in [0.5, 0.6) is 0 Å². The Morgan fingerprint density at radius 2 is 0.736 bits per heavy atom. The number of aromatic nitrogens is 2. The Hall–Kier alpha value is -7.82. The van der Waals surface area contributed by atoms with Gasteiger partial charge in [-0.15, -0.1) is 0 Å². The second kappa shape index (κ2) is 15.8. The van der Waals surface area contributed by atoms with Gasteiger partial charge >= 0.3 is 0 Å². The Labute approximate surface area is 448 Å². The first-order valence-corrected chi connectivity index (χ1v) is 24.5. The molecule has 0 aliphatic carbocycles. The van der Waals surface area contributed by atoms with Crippen LogP contribution in [0.15, 0.2) is 182 Å². The summed E-state index contributed by atoms with van der Waals surface area (Å²) in [5.41, 5.74) is 4.95. The molecule has 0 atom stereocenters. The molecule has 13 rings (SSSR count). The number of nitrogens with zero attached hydrogens (tertiary/aromatic N) is 4. The Morgan fingerprint density at radius 1 is 0.375 bits per heavy atom. The molecular formula is C68H62N4. The van der Waals surface area contributed by atoms with E-state index in [-0.39, 0.29) is 80.3 Å². The number of hydrogen-bond acceptors (Lipinski definition) is 2. The van der Waals surface area contributed by atoms with E-state index in [1.165, 1.54) is 9.80 Å². The third-order valence-electron chi connectivity index (χ3n) is 14.4. The highest BCUT2D eigenvalue weighted by atomic mass is 15.2. The van der Waals surface area contributed by atoms with Crippen molar-refractivity contribution in [3.63, 3.8) is 0 Å². The minimum absolute atomic E-state index is 0.167. The summed E-state index contributed by atoms with van der Waals surface area (Å²) in [6, 6.07) is 14.3. The number of anilines is 6. The van der Waals surface area contributed by atoms with Gasteiger partial charge in [-0.05, 0) is 142 Å². The molecule has 0 aliphatic heterocycles. The van der Waals surface area contributed by atoms with Crippen molar-refractivity contribution in [2.24, 2.45) is 0 Å². The van der Waals surface area contributed by atoms with Crippen LogP contribution >= 0.6 is 0 Å². The Kier molecular flexibility index (Phi) is 6.35. The number of benzene rings is 9. The molecular weight excluding hydrogens is 873 g/mol. The van der Waals surface area contributed by atoms with Gasteiger partial charge in [0.15, 0.2) is 0 Å². The minimum atomic E-state index is -0.649.